The Morgan fingerprint density at radius 2 is 2.10 bits per heavy atom. The number of nitrogens with zero attached hydrogens (tertiary/aromatic N) is 5. The van der Waals surface area contributed by atoms with Crippen molar-refractivity contribution in [3.63, 3.8) is 0 Å². The van der Waals surface area contributed by atoms with Crippen molar-refractivity contribution in [1.82, 2.24) is 24.7 Å². The van der Waals surface area contributed by atoms with Crippen molar-refractivity contribution in [2.45, 2.75) is 44.8 Å². The molecule has 0 aromatic carbocycles. The molecule has 0 bridgehead atoms. The zero-order valence-electron chi connectivity index (χ0n) is 17.2. The van der Waals surface area contributed by atoms with Crippen molar-refractivity contribution < 1.29 is 4.79 Å². The summed E-state index contributed by atoms with van der Waals surface area (Å²) in [5, 5.41) is 2.98. The summed E-state index contributed by atoms with van der Waals surface area (Å²) in [5.74, 6) is 0.404. The fourth-order valence-electron chi connectivity index (χ4n) is 4.66. The van der Waals surface area contributed by atoms with Crippen LogP contribution >= 0.6 is 11.3 Å². The zero-order chi connectivity index (χ0) is 20.1. The highest BCUT2D eigenvalue weighted by atomic mass is 32.1. The van der Waals surface area contributed by atoms with Gasteiger partial charge in [0.25, 0.3) is 0 Å². The van der Waals surface area contributed by atoms with Crippen LogP contribution in [0.4, 0.5) is 0 Å². The first-order valence-corrected chi connectivity index (χ1v) is 11.6. The quantitative estimate of drug-likeness (QED) is 0.729. The van der Waals surface area contributed by atoms with Gasteiger partial charge in [0.1, 0.15) is 5.01 Å². The number of likely N-dealkylation sites (tertiary alicyclic amines) is 2. The van der Waals surface area contributed by atoms with Crippen LogP contribution in [0.2, 0.25) is 0 Å². The summed E-state index contributed by atoms with van der Waals surface area (Å²) in [5.41, 5.74) is 1.29. The Labute approximate surface area is 177 Å². The van der Waals surface area contributed by atoms with Gasteiger partial charge in [0.2, 0.25) is 5.91 Å². The van der Waals surface area contributed by atoms with E-state index in [0.717, 1.165) is 50.6 Å². The van der Waals surface area contributed by atoms with Crippen LogP contribution < -0.4 is 0 Å². The number of carbonyl (C=O) groups is 1. The first kappa shape index (κ1) is 20.4. The molecule has 0 spiro atoms. The number of rotatable bonds is 6. The lowest BCUT2D eigenvalue weighted by Crippen LogP contribution is -2.50. The van der Waals surface area contributed by atoms with Gasteiger partial charge in [-0.3, -0.25) is 19.6 Å². The number of carbonyl (C=O) groups excluding carboxylic acids is 1. The fraction of sp³-hybridized carbons (Fsp3) is 0.591. The third-order valence-corrected chi connectivity index (χ3v) is 7.00. The molecule has 1 amide bonds. The number of amides is 1. The minimum absolute atomic E-state index is 0.127. The number of pyridine rings is 1. The van der Waals surface area contributed by atoms with Crippen LogP contribution in [0, 0.1) is 5.92 Å². The number of aromatic nitrogens is 2. The predicted molar refractivity (Wildman–Crippen MR) is 115 cm³/mol. The first-order valence-electron chi connectivity index (χ1n) is 10.7. The van der Waals surface area contributed by atoms with Gasteiger partial charge in [0, 0.05) is 50.1 Å². The third kappa shape index (κ3) is 5.41. The van der Waals surface area contributed by atoms with E-state index >= 15 is 0 Å². The van der Waals surface area contributed by atoms with Crippen molar-refractivity contribution in [3.8, 4) is 0 Å². The van der Waals surface area contributed by atoms with E-state index in [4.69, 9.17) is 0 Å². The Morgan fingerprint density at radius 1 is 1.24 bits per heavy atom. The molecule has 6 nitrogen and oxygen atoms in total. The SMILES string of the molecule is CN(Cc1nccs1)C(=O)C1CCCN(C2CCN(Cc3cccnc3)CC2)C1. The van der Waals surface area contributed by atoms with Gasteiger partial charge in [-0.15, -0.1) is 11.3 Å². The molecule has 0 aliphatic carbocycles. The predicted octanol–water partition coefficient (Wildman–Crippen LogP) is 2.87. The second-order valence-corrected chi connectivity index (χ2v) is 9.30. The summed E-state index contributed by atoms with van der Waals surface area (Å²) in [4.78, 5) is 28.5. The van der Waals surface area contributed by atoms with Crippen LogP contribution in [0.3, 0.4) is 0 Å². The van der Waals surface area contributed by atoms with Crippen LogP contribution in [-0.4, -0.2) is 69.8 Å². The fourth-order valence-corrected chi connectivity index (χ4v) is 5.32. The second-order valence-electron chi connectivity index (χ2n) is 8.32. The average Bonchev–Trinajstić information content (AvgIpc) is 3.27. The Kier molecular flexibility index (Phi) is 6.90. The number of piperidine rings is 2. The van der Waals surface area contributed by atoms with Crippen LogP contribution in [0.15, 0.2) is 36.1 Å². The van der Waals surface area contributed by atoms with Gasteiger partial charge in [0.15, 0.2) is 0 Å². The first-order chi connectivity index (χ1) is 14.2. The lowest BCUT2D eigenvalue weighted by atomic mass is 9.93. The van der Waals surface area contributed by atoms with Crippen LogP contribution in [-0.2, 0) is 17.9 Å². The average molecular weight is 414 g/mol. The van der Waals surface area contributed by atoms with Crippen molar-refractivity contribution in [2.75, 3.05) is 33.2 Å². The van der Waals surface area contributed by atoms with Gasteiger partial charge in [0.05, 0.1) is 12.5 Å². The maximum Gasteiger partial charge on any atom is 0.227 e. The third-order valence-electron chi connectivity index (χ3n) is 6.24. The van der Waals surface area contributed by atoms with E-state index < -0.39 is 0 Å². The van der Waals surface area contributed by atoms with Crippen molar-refractivity contribution in [2.24, 2.45) is 5.92 Å². The molecule has 29 heavy (non-hydrogen) atoms. The monoisotopic (exact) mass is 413 g/mol. The maximum absolute atomic E-state index is 13.0. The molecule has 1 atom stereocenters. The summed E-state index contributed by atoms with van der Waals surface area (Å²) in [6, 6.07) is 4.78. The molecule has 2 aromatic heterocycles. The molecule has 4 rings (SSSR count). The van der Waals surface area contributed by atoms with E-state index in [2.05, 4.69) is 25.8 Å². The molecule has 2 aliphatic heterocycles. The molecule has 2 saturated heterocycles. The summed E-state index contributed by atoms with van der Waals surface area (Å²) in [6.07, 6.45) is 10.1. The molecular formula is C22H31N5OS. The smallest absolute Gasteiger partial charge is 0.227 e. The maximum atomic E-state index is 13.0. The van der Waals surface area contributed by atoms with E-state index in [9.17, 15) is 4.79 Å². The van der Waals surface area contributed by atoms with E-state index in [1.165, 1.54) is 18.4 Å². The lowest BCUT2D eigenvalue weighted by Gasteiger charge is -2.42. The highest BCUT2D eigenvalue weighted by Gasteiger charge is 2.32. The molecule has 4 heterocycles. The van der Waals surface area contributed by atoms with Crippen LogP contribution in [0.1, 0.15) is 36.3 Å². The van der Waals surface area contributed by atoms with Gasteiger partial charge < -0.3 is 4.90 Å². The van der Waals surface area contributed by atoms with Crippen LogP contribution in [0.5, 0.6) is 0 Å². The molecule has 1 unspecified atom stereocenters. The van der Waals surface area contributed by atoms with E-state index in [0.29, 0.717) is 12.6 Å². The van der Waals surface area contributed by atoms with Crippen LogP contribution in [0.25, 0.3) is 0 Å². The molecule has 0 radical (unpaired) electrons. The number of hydrogen-bond donors (Lipinski definition) is 0. The Bertz CT molecular complexity index is 761. The lowest BCUT2D eigenvalue weighted by molar-refractivity contribution is -0.137. The summed E-state index contributed by atoms with van der Waals surface area (Å²) < 4.78 is 0. The molecule has 2 aromatic rings. The minimum Gasteiger partial charge on any atom is -0.339 e. The number of thiazole rings is 1. The van der Waals surface area contributed by atoms with Crippen molar-refractivity contribution in [1.29, 1.82) is 0 Å². The van der Waals surface area contributed by atoms with E-state index in [1.807, 2.05) is 35.8 Å². The molecule has 0 N–H and O–H groups in total. The van der Waals surface area contributed by atoms with Crippen molar-refractivity contribution >= 4 is 17.2 Å². The van der Waals surface area contributed by atoms with Gasteiger partial charge >= 0.3 is 0 Å². The molecule has 0 saturated carbocycles. The highest BCUT2D eigenvalue weighted by molar-refractivity contribution is 7.09. The molecular weight excluding hydrogens is 382 g/mol. The zero-order valence-corrected chi connectivity index (χ0v) is 18.1. The number of hydrogen-bond acceptors (Lipinski definition) is 6. The summed E-state index contributed by atoms with van der Waals surface area (Å²) >= 11 is 1.62. The molecule has 2 fully saturated rings. The van der Waals surface area contributed by atoms with Gasteiger partial charge in [-0.2, -0.15) is 0 Å². The molecule has 156 valence electrons. The van der Waals surface area contributed by atoms with E-state index in [-0.39, 0.29) is 11.8 Å². The van der Waals surface area contributed by atoms with E-state index in [1.54, 1.807) is 17.5 Å². The second kappa shape index (κ2) is 9.78. The Hall–Kier alpha value is -1.83. The van der Waals surface area contributed by atoms with Gasteiger partial charge in [-0.25, -0.2) is 4.98 Å². The normalized spacial score (nSPS) is 21.9. The Balaban J connectivity index is 1.26. The van der Waals surface area contributed by atoms with Gasteiger partial charge in [-0.05, 0) is 56.9 Å². The molecule has 2 aliphatic rings. The molecule has 7 heteroatoms. The van der Waals surface area contributed by atoms with Crippen molar-refractivity contribution in [3.05, 3.63) is 46.7 Å². The standard InChI is InChI=1S/C22H31N5OS/c1-25(17-21-24-9-13-29-21)22(28)19-5-3-10-27(16-19)20-6-11-26(12-7-20)15-18-4-2-8-23-14-18/h2,4,8-9,13-14,19-20H,3,5-7,10-12,15-17H2,1H3. The highest BCUT2D eigenvalue weighted by Crippen LogP contribution is 2.26. The summed E-state index contributed by atoms with van der Waals surface area (Å²) in [6.45, 7) is 5.90. The van der Waals surface area contributed by atoms with Gasteiger partial charge in [-0.1, -0.05) is 6.07 Å². The summed E-state index contributed by atoms with van der Waals surface area (Å²) in [7, 11) is 1.92. The minimum atomic E-state index is 0.127. The Morgan fingerprint density at radius 3 is 2.83 bits per heavy atom. The largest absolute Gasteiger partial charge is 0.339 e. The topological polar surface area (TPSA) is 52.6 Å².